The summed E-state index contributed by atoms with van der Waals surface area (Å²) >= 11 is 0. The minimum Gasteiger partial charge on any atom is -0.407 e. The van der Waals surface area contributed by atoms with Gasteiger partial charge >= 0.3 is 7.12 Å². The first kappa shape index (κ1) is 17.4. The van der Waals surface area contributed by atoms with Crippen LogP contribution >= 0.6 is 0 Å². The van der Waals surface area contributed by atoms with Crippen LogP contribution in [-0.4, -0.2) is 33.5 Å². The van der Waals surface area contributed by atoms with Crippen LogP contribution in [-0.2, 0) is 19.1 Å². The summed E-state index contributed by atoms with van der Waals surface area (Å²) in [5, 5.41) is 0. The van der Waals surface area contributed by atoms with Crippen molar-refractivity contribution in [1.29, 1.82) is 0 Å². The lowest BCUT2D eigenvalue weighted by atomic mass is 9.69. The zero-order chi connectivity index (χ0) is 16.8. The molecule has 0 aromatic heterocycles. The zero-order valence-corrected chi connectivity index (χ0v) is 14.5. The van der Waals surface area contributed by atoms with Crippen molar-refractivity contribution in [1.82, 2.24) is 0 Å². The molecule has 4 nitrogen and oxygen atoms in total. The SMILES string of the molecule is CCS(=O)(=O)c1ccc(F)c(B2OCC(C)(C)C(C)(C)O2)c1. The third-order valence-corrected chi connectivity index (χ3v) is 6.32. The Morgan fingerprint density at radius 2 is 1.91 bits per heavy atom. The highest BCUT2D eigenvalue weighted by Gasteiger charge is 2.47. The molecule has 0 atom stereocenters. The molecule has 0 radical (unpaired) electrons. The van der Waals surface area contributed by atoms with Crippen molar-refractivity contribution in [2.45, 2.75) is 45.1 Å². The Bertz CT molecular complexity index is 670. The van der Waals surface area contributed by atoms with Crippen molar-refractivity contribution >= 4 is 22.4 Å². The van der Waals surface area contributed by atoms with Crippen molar-refractivity contribution in [3.8, 4) is 0 Å². The van der Waals surface area contributed by atoms with Gasteiger partial charge in [0, 0.05) is 17.5 Å². The molecule has 0 N–H and O–H groups in total. The molecule has 0 unspecified atom stereocenters. The first-order valence-corrected chi connectivity index (χ1v) is 8.97. The Labute approximate surface area is 132 Å². The summed E-state index contributed by atoms with van der Waals surface area (Å²) in [5.41, 5.74) is -0.632. The summed E-state index contributed by atoms with van der Waals surface area (Å²) in [6, 6.07) is 3.74. The lowest BCUT2D eigenvalue weighted by Gasteiger charge is -2.47. The van der Waals surface area contributed by atoms with Crippen LogP contribution in [0.1, 0.15) is 34.6 Å². The Morgan fingerprint density at radius 1 is 1.27 bits per heavy atom. The molecule has 1 aliphatic heterocycles. The van der Waals surface area contributed by atoms with Crippen LogP contribution in [0.5, 0.6) is 0 Å². The number of rotatable bonds is 3. The summed E-state index contributed by atoms with van der Waals surface area (Å²) in [6.45, 7) is 9.82. The lowest BCUT2D eigenvalue weighted by molar-refractivity contribution is -0.0938. The molecular weight excluding hydrogens is 306 g/mol. The summed E-state index contributed by atoms with van der Waals surface area (Å²) in [6.07, 6.45) is 0. The highest BCUT2D eigenvalue weighted by atomic mass is 32.2. The molecule has 0 spiro atoms. The molecule has 1 aliphatic rings. The zero-order valence-electron chi connectivity index (χ0n) is 13.6. The Balaban J connectivity index is 2.40. The molecule has 0 saturated carbocycles. The van der Waals surface area contributed by atoms with Gasteiger partial charge in [0.25, 0.3) is 0 Å². The van der Waals surface area contributed by atoms with Crippen molar-refractivity contribution in [3.63, 3.8) is 0 Å². The lowest BCUT2D eigenvalue weighted by Crippen LogP contribution is -2.58. The molecule has 1 aromatic carbocycles. The molecule has 1 fully saturated rings. The second-order valence-corrected chi connectivity index (χ2v) is 9.02. The highest BCUT2D eigenvalue weighted by Crippen LogP contribution is 2.38. The van der Waals surface area contributed by atoms with Crippen molar-refractivity contribution in [3.05, 3.63) is 24.0 Å². The van der Waals surface area contributed by atoms with Gasteiger partial charge in [-0.1, -0.05) is 20.8 Å². The topological polar surface area (TPSA) is 52.6 Å². The number of sulfone groups is 1. The average molecular weight is 328 g/mol. The van der Waals surface area contributed by atoms with Gasteiger partial charge in [-0.3, -0.25) is 0 Å². The highest BCUT2D eigenvalue weighted by molar-refractivity contribution is 7.91. The molecule has 2 rings (SSSR count). The number of halogens is 1. The van der Waals surface area contributed by atoms with Crippen LogP contribution in [0.4, 0.5) is 4.39 Å². The van der Waals surface area contributed by atoms with Crippen LogP contribution in [0.25, 0.3) is 0 Å². The first-order chi connectivity index (χ1) is 10.00. The summed E-state index contributed by atoms with van der Waals surface area (Å²) in [4.78, 5) is 0.0845. The predicted molar refractivity (Wildman–Crippen MR) is 84.4 cm³/mol. The van der Waals surface area contributed by atoms with Gasteiger partial charge in [-0.05, 0) is 32.0 Å². The van der Waals surface area contributed by atoms with Crippen molar-refractivity contribution in [2.24, 2.45) is 5.41 Å². The quantitative estimate of drug-likeness (QED) is 0.630. The largest absolute Gasteiger partial charge is 0.497 e. The van der Waals surface area contributed by atoms with Gasteiger partial charge < -0.3 is 9.31 Å². The minimum absolute atomic E-state index is 0.0387. The van der Waals surface area contributed by atoms with Crippen LogP contribution in [0.15, 0.2) is 23.1 Å². The van der Waals surface area contributed by atoms with E-state index in [1.165, 1.54) is 12.1 Å². The van der Waals surface area contributed by atoms with Gasteiger partial charge in [0.05, 0.1) is 16.2 Å². The first-order valence-electron chi connectivity index (χ1n) is 7.32. The van der Waals surface area contributed by atoms with Crippen molar-refractivity contribution in [2.75, 3.05) is 12.4 Å². The van der Waals surface area contributed by atoms with E-state index in [-0.39, 0.29) is 21.5 Å². The van der Waals surface area contributed by atoms with E-state index >= 15 is 0 Å². The van der Waals surface area contributed by atoms with E-state index in [4.69, 9.17) is 9.31 Å². The maximum atomic E-state index is 14.1. The maximum Gasteiger partial charge on any atom is 0.497 e. The standard InChI is InChI=1S/C15H22BFO4S/c1-6-22(18,19)11-7-8-13(17)12(9-11)16-20-10-14(2,3)15(4,5)21-16/h7-9H,6,10H2,1-5H3. The smallest absolute Gasteiger partial charge is 0.407 e. The van der Waals surface area contributed by atoms with Crippen LogP contribution in [0.2, 0.25) is 0 Å². The normalized spacial score (nSPS) is 20.9. The molecule has 7 heteroatoms. The van der Waals surface area contributed by atoms with Gasteiger partial charge in [0.2, 0.25) is 0 Å². The fourth-order valence-electron chi connectivity index (χ4n) is 2.13. The van der Waals surface area contributed by atoms with Gasteiger partial charge in [-0.15, -0.1) is 0 Å². The summed E-state index contributed by atoms with van der Waals surface area (Å²) in [7, 11) is -4.31. The summed E-state index contributed by atoms with van der Waals surface area (Å²) in [5.74, 6) is -0.571. The Morgan fingerprint density at radius 3 is 2.45 bits per heavy atom. The van der Waals surface area contributed by atoms with Crippen LogP contribution in [0.3, 0.4) is 0 Å². The summed E-state index contributed by atoms with van der Waals surface area (Å²) < 4.78 is 49.6. The molecule has 1 saturated heterocycles. The van der Waals surface area contributed by atoms with Gasteiger partial charge in [-0.2, -0.15) is 0 Å². The number of hydrogen-bond donors (Lipinski definition) is 0. The molecule has 0 amide bonds. The molecular formula is C15H22BFO4S. The molecule has 1 heterocycles. The van der Waals surface area contributed by atoms with E-state index in [0.29, 0.717) is 6.61 Å². The van der Waals surface area contributed by atoms with E-state index in [1.807, 2.05) is 27.7 Å². The van der Waals surface area contributed by atoms with Gasteiger partial charge in [0.15, 0.2) is 9.84 Å². The van der Waals surface area contributed by atoms with E-state index in [2.05, 4.69) is 0 Å². The number of hydrogen-bond acceptors (Lipinski definition) is 4. The third kappa shape index (κ3) is 3.07. The monoisotopic (exact) mass is 328 g/mol. The Hall–Kier alpha value is -0.915. The van der Waals surface area contributed by atoms with Crippen LogP contribution < -0.4 is 5.46 Å². The average Bonchev–Trinajstić information content (AvgIpc) is 2.42. The molecule has 122 valence electrons. The fourth-order valence-corrected chi connectivity index (χ4v) is 3.05. The van der Waals surface area contributed by atoms with Crippen LogP contribution in [0, 0.1) is 11.2 Å². The van der Waals surface area contributed by atoms with E-state index in [1.54, 1.807) is 6.92 Å². The predicted octanol–water partition coefficient (Wildman–Crippen LogP) is 2.17. The second kappa shape index (κ2) is 5.62. The third-order valence-electron chi connectivity index (χ3n) is 4.59. The Kier molecular flexibility index (Phi) is 4.45. The van der Waals surface area contributed by atoms with E-state index in [0.717, 1.165) is 6.07 Å². The minimum atomic E-state index is -3.41. The fraction of sp³-hybridized carbons (Fsp3) is 0.600. The molecule has 1 aromatic rings. The second-order valence-electron chi connectivity index (χ2n) is 6.74. The number of benzene rings is 1. The van der Waals surface area contributed by atoms with E-state index < -0.39 is 28.4 Å². The van der Waals surface area contributed by atoms with E-state index in [9.17, 15) is 12.8 Å². The van der Waals surface area contributed by atoms with Crippen molar-refractivity contribution < 1.29 is 22.1 Å². The molecule has 0 bridgehead atoms. The van der Waals surface area contributed by atoms with Gasteiger partial charge in [-0.25, -0.2) is 12.8 Å². The molecule has 0 aliphatic carbocycles. The molecule has 22 heavy (non-hydrogen) atoms. The van der Waals surface area contributed by atoms with Gasteiger partial charge in [0.1, 0.15) is 5.82 Å². The maximum absolute atomic E-state index is 14.1.